The quantitative estimate of drug-likeness (QED) is 0.677. The lowest BCUT2D eigenvalue weighted by Crippen LogP contribution is -1.91. The molecule has 1 heteroatoms. The Bertz CT molecular complexity index is 329. The predicted molar refractivity (Wildman–Crippen MR) is 51.7 cm³/mol. The molecule has 0 aromatic heterocycles. The van der Waals surface area contributed by atoms with Gasteiger partial charge in [-0.2, -0.15) is 0 Å². The first-order valence-corrected chi connectivity index (χ1v) is 4.24. The normalized spacial score (nSPS) is 11.9. The van der Waals surface area contributed by atoms with E-state index >= 15 is 0 Å². The molecule has 1 nitrogen and oxygen atoms in total. The van der Waals surface area contributed by atoms with Gasteiger partial charge in [-0.1, -0.05) is 19.9 Å². The lowest BCUT2D eigenvalue weighted by atomic mass is 9.97. The first kappa shape index (κ1) is 7.66. The summed E-state index contributed by atoms with van der Waals surface area (Å²) in [5.74, 6) is 0.454. The minimum absolute atomic E-state index is 0.201. The monoisotopic (exact) mass is 165 g/mol. The van der Waals surface area contributed by atoms with Crippen molar-refractivity contribution in [1.82, 2.24) is 0 Å². The summed E-state index contributed by atoms with van der Waals surface area (Å²) in [7, 11) is 0. The SMILES string of the molecule is [2H]c1c(C)c(C)cc(O)c1C(C)C. The summed E-state index contributed by atoms with van der Waals surface area (Å²) in [4.78, 5) is 0. The largest absolute Gasteiger partial charge is 0.508 e. The predicted octanol–water partition coefficient (Wildman–Crippen LogP) is 3.13. The van der Waals surface area contributed by atoms with Crippen LogP contribution in [0.2, 0.25) is 0 Å². The van der Waals surface area contributed by atoms with E-state index in [1.54, 1.807) is 6.07 Å². The van der Waals surface area contributed by atoms with Crippen LogP contribution in [0.5, 0.6) is 5.75 Å². The number of benzene rings is 1. The van der Waals surface area contributed by atoms with Gasteiger partial charge < -0.3 is 5.11 Å². The van der Waals surface area contributed by atoms with Crippen LogP contribution in [0, 0.1) is 13.8 Å². The number of phenolic OH excluding ortho intramolecular Hbond substituents is 1. The molecular weight excluding hydrogens is 148 g/mol. The molecule has 66 valence electrons. The van der Waals surface area contributed by atoms with Crippen molar-refractivity contribution in [3.8, 4) is 5.75 Å². The highest BCUT2D eigenvalue weighted by Gasteiger charge is 2.06. The van der Waals surface area contributed by atoms with Crippen molar-refractivity contribution < 1.29 is 6.48 Å². The van der Waals surface area contributed by atoms with Gasteiger partial charge in [0.2, 0.25) is 0 Å². The van der Waals surface area contributed by atoms with E-state index in [0.29, 0.717) is 6.04 Å². The molecule has 0 amide bonds. The molecule has 0 unspecified atom stereocenters. The zero-order valence-corrected chi connectivity index (χ0v) is 8.10. The van der Waals surface area contributed by atoms with Crippen molar-refractivity contribution >= 4 is 0 Å². The fourth-order valence-corrected chi connectivity index (χ4v) is 1.20. The topological polar surface area (TPSA) is 20.2 Å². The van der Waals surface area contributed by atoms with Crippen molar-refractivity contribution in [1.29, 1.82) is 0 Å². The van der Waals surface area contributed by atoms with Gasteiger partial charge >= 0.3 is 0 Å². The van der Waals surface area contributed by atoms with E-state index in [0.717, 1.165) is 16.7 Å². The van der Waals surface area contributed by atoms with Gasteiger partial charge in [-0.15, -0.1) is 0 Å². The van der Waals surface area contributed by atoms with Gasteiger partial charge in [0, 0.05) is 0 Å². The lowest BCUT2D eigenvalue weighted by Gasteiger charge is -2.10. The minimum Gasteiger partial charge on any atom is -0.508 e. The molecule has 12 heavy (non-hydrogen) atoms. The van der Waals surface area contributed by atoms with E-state index in [1.165, 1.54) is 0 Å². The molecule has 0 saturated heterocycles. The van der Waals surface area contributed by atoms with Crippen molar-refractivity contribution in [2.45, 2.75) is 33.6 Å². The molecule has 0 fully saturated rings. The fraction of sp³-hybridized carbons (Fsp3) is 0.455. The second kappa shape index (κ2) is 3.18. The fourth-order valence-electron chi connectivity index (χ4n) is 1.20. The standard InChI is InChI=1S/C11H16O/c1-7(2)10-5-8(3)9(4)6-11(10)12/h5-7,12H,1-4H3/i5D. The highest BCUT2D eigenvalue weighted by molar-refractivity contribution is 5.42. The summed E-state index contributed by atoms with van der Waals surface area (Å²) >= 11 is 0. The Kier molecular flexibility index (Phi) is 2.03. The summed E-state index contributed by atoms with van der Waals surface area (Å²) in [5.41, 5.74) is 2.69. The smallest absolute Gasteiger partial charge is 0.119 e. The van der Waals surface area contributed by atoms with E-state index in [2.05, 4.69) is 0 Å². The van der Waals surface area contributed by atoms with Crippen molar-refractivity contribution in [3.05, 3.63) is 28.8 Å². The Balaban J connectivity index is 3.44. The molecule has 1 aromatic rings. The highest BCUT2D eigenvalue weighted by Crippen LogP contribution is 2.27. The molecule has 1 rings (SSSR count). The number of rotatable bonds is 1. The molecule has 1 aromatic carbocycles. The Labute approximate surface area is 75.5 Å². The van der Waals surface area contributed by atoms with E-state index in [1.807, 2.05) is 27.7 Å². The third-order valence-corrected chi connectivity index (χ3v) is 2.12. The van der Waals surface area contributed by atoms with Crippen LogP contribution >= 0.6 is 0 Å². The second-order valence-electron chi connectivity index (χ2n) is 3.53. The number of aromatic hydroxyl groups is 1. The van der Waals surface area contributed by atoms with Crippen LogP contribution in [-0.4, -0.2) is 5.11 Å². The van der Waals surface area contributed by atoms with Crippen LogP contribution in [0.4, 0.5) is 0 Å². The Morgan fingerprint density at radius 1 is 1.33 bits per heavy atom. The molecule has 1 N–H and O–H groups in total. The van der Waals surface area contributed by atoms with E-state index in [-0.39, 0.29) is 11.7 Å². The van der Waals surface area contributed by atoms with Gasteiger partial charge in [0.25, 0.3) is 0 Å². The molecule has 0 spiro atoms. The van der Waals surface area contributed by atoms with Crippen LogP contribution < -0.4 is 0 Å². The average molecular weight is 165 g/mol. The molecular formula is C11H16O. The average Bonchev–Trinajstić information content (AvgIpc) is 1.99. The third kappa shape index (κ3) is 1.60. The zero-order chi connectivity index (χ0) is 10.2. The van der Waals surface area contributed by atoms with Crippen LogP contribution in [0.15, 0.2) is 12.1 Å². The number of phenols is 1. The summed E-state index contributed by atoms with van der Waals surface area (Å²) in [5, 5.41) is 9.65. The van der Waals surface area contributed by atoms with Gasteiger partial charge in [-0.05, 0) is 42.5 Å². The van der Waals surface area contributed by atoms with Crippen LogP contribution in [0.3, 0.4) is 0 Å². The highest BCUT2D eigenvalue weighted by atomic mass is 16.3. The minimum atomic E-state index is 0.201. The maximum atomic E-state index is 9.65. The molecule has 0 aliphatic rings. The maximum absolute atomic E-state index is 9.65. The van der Waals surface area contributed by atoms with Crippen LogP contribution in [0.25, 0.3) is 0 Å². The van der Waals surface area contributed by atoms with Crippen molar-refractivity contribution in [2.75, 3.05) is 0 Å². The molecule has 0 bridgehead atoms. The molecule has 0 atom stereocenters. The van der Waals surface area contributed by atoms with Gasteiger partial charge in [0.05, 0.1) is 1.37 Å². The van der Waals surface area contributed by atoms with Gasteiger partial charge in [0.15, 0.2) is 0 Å². The number of hydrogen-bond acceptors (Lipinski definition) is 1. The second-order valence-corrected chi connectivity index (χ2v) is 3.53. The molecule has 0 radical (unpaired) electrons. The zero-order valence-electron chi connectivity index (χ0n) is 9.10. The summed E-state index contributed by atoms with van der Waals surface area (Å²) in [6.07, 6.45) is 0. The van der Waals surface area contributed by atoms with Crippen molar-refractivity contribution in [2.24, 2.45) is 0 Å². The third-order valence-electron chi connectivity index (χ3n) is 2.12. The first-order chi connectivity index (χ1) is 5.95. The molecule has 0 aliphatic carbocycles. The number of aryl methyl sites for hydroxylation is 1. The summed E-state index contributed by atoms with van der Waals surface area (Å²) in [6.45, 7) is 7.81. The Morgan fingerprint density at radius 3 is 2.42 bits per heavy atom. The van der Waals surface area contributed by atoms with E-state index in [4.69, 9.17) is 1.37 Å². The van der Waals surface area contributed by atoms with Gasteiger partial charge in [-0.3, -0.25) is 0 Å². The maximum Gasteiger partial charge on any atom is 0.119 e. The Hall–Kier alpha value is -0.980. The first-order valence-electron chi connectivity index (χ1n) is 4.74. The molecule has 0 saturated carbocycles. The van der Waals surface area contributed by atoms with Gasteiger partial charge in [-0.25, -0.2) is 0 Å². The summed E-state index contributed by atoms with van der Waals surface area (Å²) < 4.78 is 7.85. The van der Waals surface area contributed by atoms with E-state index < -0.39 is 0 Å². The van der Waals surface area contributed by atoms with E-state index in [9.17, 15) is 5.11 Å². The summed E-state index contributed by atoms with van der Waals surface area (Å²) in [6, 6.07) is 2.22. The van der Waals surface area contributed by atoms with Crippen LogP contribution in [0.1, 0.15) is 37.8 Å². The molecule has 0 heterocycles. The molecule has 0 aliphatic heterocycles. The Morgan fingerprint density at radius 2 is 1.92 bits per heavy atom. The number of hydrogen-bond donors (Lipinski definition) is 1. The lowest BCUT2D eigenvalue weighted by molar-refractivity contribution is 0.464. The van der Waals surface area contributed by atoms with Crippen LogP contribution in [-0.2, 0) is 0 Å². The van der Waals surface area contributed by atoms with Gasteiger partial charge in [0.1, 0.15) is 5.75 Å². The van der Waals surface area contributed by atoms with Crippen molar-refractivity contribution in [3.63, 3.8) is 0 Å².